The van der Waals surface area contributed by atoms with Crippen molar-refractivity contribution in [2.45, 2.75) is 0 Å². The van der Waals surface area contributed by atoms with Crippen molar-refractivity contribution >= 4 is 11.6 Å². The maximum absolute atomic E-state index is 11.9. The third-order valence-corrected chi connectivity index (χ3v) is 2.50. The van der Waals surface area contributed by atoms with Crippen molar-refractivity contribution in [3.05, 3.63) is 49.6 Å². The summed E-state index contributed by atoms with van der Waals surface area (Å²) < 4.78 is 5.11. The van der Waals surface area contributed by atoms with Crippen molar-refractivity contribution < 1.29 is 9.53 Å². The maximum Gasteiger partial charge on any atom is 0.238 e. The molecule has 0 aliphatic carbocycles. The summed E-state index contributed by atoms with van der Waals surface area (Å²) in [6.07, 6.45) is 3.53. The zero-order valence-corrected chi connectivity index (χ0v) is 11.3. The number of anilines is 1. The van der Waals surface area contributed by atoms with Crippen molar-refractivity contribution in [3.63, 3.8) is 0 Å². The topological polar surface area (TPSA) is 41.6 Å². The zero-order chi connectivity index (χ0) is 14.1. The third-order valence-electron chi connectivity index (χ3n) is 2.50. The molecule has 4 heteroatoms. The van der Waals surface area contributed by atoms with E-state index in [2.05, 4.69) is 18.5 Å². The molecule has 0 fully saturated rings. The average molecular weight is 260 g/mol. The molecule has 1 N–H and O–H groups in total. The van der Waals surface area contributed by atoms with Gasteiger partial charge in [0.15, 0.2) is 0 Å². The number of ether oxygens (including phenoxy) is 1. The van der Waals surface area contributed by atoms with E-state index < -0.39 is 0 Å². The van der Waals surface area contributed by atoms with Crippen molar-refractivity contribution in [3.8, 4) is 5.75 Å². The predicted octanol–water partition coefficient (Wildman–Crippen LogP) is 2.31. The molecule has 1 aromatic rings. The van der Waals surface area contributed by atoms with Crippen LogP contribution in [0.25, 0.3) is 0 Å². The minimum absolute atomic E-state index is 0.0723. The highest BCUT2D eigenvalue weighted by molar-refractivity contribution is 5.92. The summed E-state index contributed by atoms with van der Waals surface area (Å²) >= 11 is 0. The minimum atomic E-state index is -0.0723. The first-order valence-corrected chi connectivity index (χ1v) is 6.07. The van der Waals surface area contributed by atoms with Crippen LogP contribution in [0.4, 0.5) is 5.69 Å². The molecule has 0 saturated carbocycles. The molecule has 4 nitrogen and oxygen atoms in total. The number of hydrogen-bond donors (Lipinski definition) is 1. The van der Waals surface area contributed by atoms with Crippen LogP contribution >= 0.6 is 0 Å². The van der Waals surface area contributed by atoms with E-state index in [0.717, 1.165) is 5.69 Å². The molecule has 0 aliphatic heterocycles. The van der Waals surface area contributed by atoms with Crippen LogP contribution in [-0.2, 0) is 4.79 Å². The largest absolute Gasteiger partial charge is 0.497 e. The molecule has 0 heterocycles. The Balaban J connectivity index is 2.57. The smallest absolute Gasteiger partial charge is 0.238 e. The molecular formula is C15H20N2O2. The van der Waals surface area contributed by atoms with Crippen LogP contribution in [0.1, 0.15) is 0 Å². The lowest BCUT2D eigenvalue weighted by Crippen LogP contribution is -2.33. The number of nitrogens with one attached hydrogen (secondary N) is 1. The highest BCUT2D eigenvalue weighted by Gasteiger charge is 2.08. The van der Waals surface area contributed by atoms with E-state index in [1.54, 1.807) is 25.3 Å². The van der Waals surface area contributed by atoms with Crippen LogP contribution in [-0.4, -0.2) is 37.6 Å². The van der Waals surface area contributed by atoms with Gasteiger partial charge in [-0.25, -0.2) is 0 Å². The normalized spacial score (nSPS) is 10.0. The van der Waals surface area contributed by atoms with Gasteiger partial charge in [0.2, 0.25) is 5.91 Å². The number of nitrogens with zero attached hydrogens (tertiary/aromatic N) is 1. The Bertz CT molecular complexity index is 434. The highest BCUT2D eigenvalue weighted by atomic mass is 16.5. The Hall–Kier alpha value is -2.07. The van der Waals surface area contributed by atoms with Gasteiger partial charge in [-0.2, -0.15) is 0 Å². The number of carbonyl (C=O) groups excluding carboxylic acids is 1. The molecule has 0 saturated heterocycles. The lowest BCUT2D eigenvalue weighted by atomic mass is 10.3. The van der Waals surface area contributed by atoms with Gasteiger partial charge in [0.25, 0.3) is 0 Å². The van der Waals surface area contributed by atoms with Crippen LogP contribution in [0.2, 0.25) is 0 Å². The summed E-state index contributed by atoms with van der Waals surface area (Å²) in [7, 11) is 1.59. The number of benzene rings is 1. The second-order valence-electron chi connectivity index (χ2n) is 4.05. The molecule has 0 aromatic heterocycles. The van der Waals surface area contributed by atoms with Gasteiger partial charge in [-0.05, 0) is 12.1 Å². The molecule has 1 amide bonds. The van der Waals surface area contributed by atoms with Crippen molar-refractivity contribution in [2.24, 2.45) is 0 Å². The Morgan fingerprint density at radius 3 is 2.63 bits per heavy atom. The Kier molecular flexibility index (Phi) is 6.39. The predicted molar refractivity (Wildman–Crippen MR) is 78.5 cm³/mol. The number of hydrogen-bond acceptors (Lipinski definition) is 3. The van der Waals surface area contributed by atoms with E-state index >= 15 is 0 Å². The van der Waals surface area contributed by atoms with Crippen LogP contribution in [0.3, 0.4) is 0 Å². The van der Waals surface area contributed by atoms with E-state index in [0.29, 0.717) is 25.4 Å². The zero-order valence-electron chi connectivity index (χ0n) is 11.3. The van der Waals surface area contributed by atoms with Crippen molar-refractivity contribution in [1.29, 1.82) is 0 Å². The van der Waals surface area contributed by atoms with Crippen LogP contribution in [0.5, 0.6) is 5.75 Å². The molecule has 0 unspecified atom stereocenters. The van der Waals surface area contributed by atoms with Gasteiger partial charge >= 0.3 is 0 Å². The summed E-state index contributed by atoms with van der Waals surface area (Å²) in [5, 5.41) is 2.83. The van der Waals surface area contributed by atoms with E-state index in [-0.39, 0.29) is 5.91 Å². The number of methoxy groups -OCH3 is 1. The quantitative estimate of drug-likeness (QED) is 0.729. The number of rotatable bonds is 8. The van der Waals surface area contributed by atoms with Gasteiger partial charge in [0.1, 0.15) is 5.75 Å². The second-order valence-corrected chi connectivity index (χ2v) is 4.05. The van der Waals surface area contributed by atoms with Crippen LogP contribution < -0.4 is 10.1 Å². The second kappa shape index (κ2) is 8.11. The lowest BCUT2D eigenvalue weighted by molar-refractivity contribution is -0.117. The minimum Gasteiger partial charge on any atom is -0.497 e. The number of carbonyl (C=O) groups is 1. The van der Waals surface area contributed by atoms with Gasteiger partial charge in [0, 0.05) is 24.8 Å². The maximum atomic E-state index is 11.9. The van der Waals surface area contributed by atoms with Crippen LogP contribution in [0, 0.1) is 0 Å². The van der Waals surface area contributed by atoms with Crippen molar-refractivity contribution in [1.82, 2.24) is 4.90 Å². The summed E-state index contributed by atoms with van der Waals surface area (Å²) in [6.45, 7) is 8.95. The van der Waals surface area contributed by atoms with Gasteiger partial charge in [0.05, 0.1) is 13.7 Å². The number of amides is 1. The highest BCUT2D eigenvalue weighted by Crippen LogP contribution is 2.16. The average Bonchev–Trinajstić information content (AvgIpc) is 2.39. The summed E-state index contributed by atoms with van der Waals surface area (Å²) in [4.78, 5) is 13.8. The molecular weight excluding hydrogens is 240 g/mol. The fraction of sp³-hybridized carbons (Fsp3) is 0.267. The van der Waals surface area contributed by atoms with Gasteiger partial charge in [-0.3, -0.25) is 9.69 Å². The molecule has 102 valence electrons. The first kappa shape index (κ1) is 15.0. The fourth-order valence-electron chi connectivity index (χ4n) is 1.67. The van der Waals surface area contributed by atoms with Gasteiger partial charge in [-0.15, -0.1) is 13.2 Å². The lowest BCUT2D eigenvalue weighted by Gasteiger charge is -2.18. The molecule has 0 bridgehead atoms. The van der Waals surface area contributed by atoms with E-state index in [9.17, 15) is 4.79 Å². The van der Waals surface area contributed by atoms with E-state index in [1.807, 2.05) is 23.1 Å². The molecule has 19 heavy (non-hydrogen) atoms. The molecule has 0 atom stereocenters. The third kappa shape index (κ3) is 5.40. The van der Waals surface area contributed by atoms with Gasteiger partial charge in [-0.1, -0.05) is 18.2 Å². The SMILES string of the molecule is C=CCN(CC=C)CC(=O)Nc1cccc(OC)c1. The first-order valence-electron chi connectivity index (χ1n) is 6.07. The van der Waals surface area contributed by atoms with E-state index in [1.165, 1.54) is 0 Å². The molecule has 0 aliphatic rings. The molecule has 0 radical (unpaired) electrons. The first-order chi connectivity index (χ1) is 9.19. The van der Waals surface area contributed by atoms with Crippen molar-refractivity contribution in [2.75, 3.05) is 32.1 Å². The summed E-state index contributed by atoms with van der Waals surface area (Å²) in [6, 6.07) is 7.27. The fourth-order valence-corrected chi connectivity index (χ4v) is 1.67. The molecule has 1 rings (SSSR count). The Morgan fingerprint density at radius 2 is 2.05 bits per heavy atom. The Morgan fingerprint density at radius 1 is 1.37 bits per heavy atom. The van der Waals surface area contributed by atoms with Gasteiger partial charge < -0.3 is 10.1 Å². The standard InChI is InChI=1S/C15H20N2O2/c1-4-9-17(10-5-2)12-15(18)16-13-7-6-8-14(11-13)19-3/h4-8,11H,1-2,9-10,12H2,3H3,(H,16,18). The van der Waals surface area contributed by atoms with Crippen LogP contribution in [0.15, 0.2) is 49.6 Å². The summed E-state index contributed by atoms with van der Waals surface area (Å²) in [5.74, 6) is 0.642. The van der Waals surface area contributed by atoms with E-state index in [4.69, 9.17) is 4.74 Å². The summed E-state index contributed by atoms with van der Waals surface area (Å²) in [5.41, 5.74) is 0.724. The molecule has 1 aromatic carbocycles. The molecule has 0 spiro atoms. The monoisotopic (exact) mass is 260 g/mol. The Labute approximate surface area is 114 Å².